The van der Waals surface area contributed by atoms with E-state index in [0.29, 0.717) is 0 Å². The molecule has 1 N–H and O–H groups in total. The summed E-state index contributed by atoms with van der Waals surface area (Å²) < 4.78 is 26.6. The fourth-order valence-corrected chi connectivity index (χ4v) is 1.30. The van der Waals surface area contributed by atoms with Gasteiger partial charge in [0.1, 0.15) is 25.0 Å². The number of amides is 1. The molecule has 1 amide bonds. The van der Waals surface area contributed by atoms with Gasteiger partial charge in [-0.1, -0.05) is 6.07 Å². The maximum Gasteiger partial charge on any atom is 0.262 e. The van der Waals surface area contributed by atoms with E-state index in [0.717, 1.165) is 12.1 Å². The van der Waals surface area contributed by atoms with Crippen LogP contribution in [0.1, 0.15) is 10.4 Å². The molecule has 1 heterocycles. The van der Waals surface area contributed by atoms with E-state index in [2.05, 4.69) is 15.3 Å². The highest BCUT2D eigenvalue weighted by Crippen LogP contribution is 2.13. The standard InChI is InChI=1S/C11H6BF2N3O/c12-8-4-16-9(5-15-8)17-11(18)10-6(13)2-1-3-7(10)14/h1-5H,(H,16,17,18). The van der Waals surface area contributed by atoms with Gasteiger partial charge in [0.2, 0.25) is 0 Å². The molecule has 0 fully saturated rings. The maximum atomic E-state index is 13.3. The predicted molar refractivity (Wildman–Crippen MR) is 61.7 cm³/mol. The van der Waals surface area contributed by atoms with Crippen molar-refractivity contribution < 1.29 is 13.6 Å². The molecule has 0 atom stereocenters. The molecular weight excluding hydrogens is 239 g/mol. The van der Waals surface area contributed by atoms with Crippen LogP contribution >= 0.6 is 0 Å². The van der Waals surface area contributed by atoms with Crippen molar-refractivity contribution in [3.8, 4) is 0 Å². The Morgan fingerprint density at radius 3 is 2.39 bits per heavy atom. The van der Waals surface area contributed by atoms with E-state index in [1.807, 2.05) is 0 Å². The fourth-order valence-electron chi connectivity index (χ4n) is 1.30. The Kier molecular flexibility index (Phi) is 3.32. The number of hydrogen-bond donors (Lipinski definition) is 1. The zero-order valence-electron chi connectivity index (χ0n) is 9.02. The highest BCUT2D eigenvalue weighted by Gasteiger charge is 2.17. The van der Waals surface area contributed by atoms with Gasteiger partial charge in [-0.15, -0.1) is 0 Å². The van der Waals surface area contributed by atoms with Gasteiger partial charge in [-0.05, 0) is 12.1 Å². The van der Waals surface area contributed by atoms with Crippen LogP contribution < -0.4 is 10.9 Å². The first-order chi connectivity index (χ1) is 8.58. The fraction of sp³-hybridized carbons (Fsp3) is 0. The number of rotatable bonds is 2. The van der Waals surface area contributed by atoms with Gasteiger partial charge >= 0.3 is 0 Å². The molecule has 0 saturated heterocycles. The van der Waals surface area contributed by atoms with Crippen molar-refractivity contribution in [3.05, 3.63) is 47.8 Å². The summed E-state index contributed by atoms with van der Waals surface area (Å²) in [4.78, 5) is 19.1. The summed E-state index contributed by atoms with van der Waals surface area (Å²) in [6.07, 6.45) is 2.40. The van der Waals surface area contributed by atoms with Gasteiger partial charge in [-0.3, -0.25) is 9.78 Å². The van der Waals surface area contributed by atoms with Crippen LogP contribution in [-0.2, 0) is 0 Å². The van der Waals surface area contributed by atoms with Crippen LogP contribution in [0, 0.1) is 11.6 Å². The SMILES string of the molecule is [B]c1cnc(NC(=O)c2c(F)cccc2F)cn1. The van der Waals surface area contributed by atoms with E-state index in [4.69, 9.17) is 7.85 Å². The van der Waals surface area contributed by atoms with Crippen molar-refractivity contribution in [3.63, 3.8) is 0 Å². The molecule has 0 bridgehead atoms. The topological polar surface area (TPSA) is 54.9 Å². The van der Waals surface area contributed by atoms with Crippen LogP contribution in [0.2, 0.25) is 0 Å². The third kappa shape index (κ3) is 2.50. The van der Waals surface area contributed by atoms with E-state index in [9.17, 15) is 13.6 Å². The van der Waals surface area contributed by atoms with Crippen LogP contribution in [0.3, 0.4) is 0 Å². The Labute approximate surface area is 102 Å². The number of anilines is 1. The van der Waals surface area contributed by atoms with Crippen molar-refractivity contribution in [2.45, 2.75) is 0 Å². The summed E-state index contributed by atoms with van der Waals surface area (Å²) in [6.45, 7) is 0. The third-order valence-corrected chi connectivity index (χ3v) is 2.10. The minimum Gasteiger partial charge on any atom is -0.305 e. The number of hydrogen-bond acceptors (Lipinski definition) is 3. The average molecular weight is 245 g/mol. The zero-order valence-corrected chi connectivity index (χ0v) is 9.02. The van der Waals surface area contributed by atoms with Gasteiger partial charge in [-0.25, -0.2) is 13.8 Å². The second-order valence-corrected chi connectivity index (χ2v) is 3.38. The Balaban J connectivity index is 2.25. The van der Waals surface area contributed by atoms with E-state index in [-0.39, 0.29) is 11.4 Å². The first kappa shape index (κ1) is 12.2. The molecule has 2 rings (SSSR count). The molecule has 18 heavy (non-hydrogen) atoms. The molecule has 0 unspecified atom stereocenters. The molecule has 0 aliphatic carbocycles. The molecule has 0 aliphatic heterocycles. The van der Waals surface area contributed by atoms with Gasteiger partial charge in [0.25, 0.3) is 5.91 Å². The lowest BCUT2D eigenvalue weighted by atomic mass is 10.1. The first-order valence-electron chi connectivity index (χ1n) is 4.91. The van der Waals surface area contributed by atoms with Crippen LogP contribution in [0.4, 0.5) is 14.6 Å². The van der Waals surface area contributed by atoms with Crippen molar-refractivity contribution in [1.29, 1.82) is 0 Å². The summed E-state index contributed by atoms with van der Waals surface area (Å²) in [5.41, 5.74) is -0.499. The molecular formula is C11H6BF2N3O. The molecule has 4 nitrogen and oxygen atoms in total. The molecule has 0 spiro atoms. The quantitative estimate of drug-likeness (QED) is 0.796. The van der Waals surface area contributed by atoms with Crippen molar-refractivity contribution in [1.82, 2.24) is 9.97 Å². The third-order valence-electron chi connectivity index (χ3n) is 2.10. The number of aromatic nitrogens is 2. The second-order valence-electron chi connectivity index (χ2n) is 3.38. The second kappa shape index (κ2) is 4.91. The molecule has 1 aromatic heterocycles. The molecule has 0 aliphatic rings. The zero-order chi connectivity index (χ0) is 13.1. The molecule has 2 radical (unpaired) electrons. The average Bonchev–Trinajstić information content (AvgIpc) is 2.32. The smallest absolute Gasteiger partial charge is 0.262 e. The first-order valence-corrected chi connectivity index (χ1v) is 4.91. The van der Waals surface area contributed by atoms with Crippen LogP contribution in [0.5, 0.6) is 0 Å². The number of halogens is 2. The number of carbonyl (C=O) groups excluding carboxylic acids is 1. The minimum atomic E-state index is -0.948. The van der Waals surface area contributed by atoms with Crippen molar-refractivity contribution >= 4 is 25.2 Å². The Morgan fingerprint density at radius 2 is 1.83 bits per heavy atom. The van der Waals surface area contributed by atoms with Crippen LogP contribution in [-0.4, -0.2) is 23.7 Å². The van der Waals surface area contributed by atoms with Crippen LogP contribution in [0.15, 0.2) is 30.6 Å². The lowest BCUT2D eigenvalue weighted by Gasteiger charge is -2.06. The lowest BCUT2D eigenvalue weighted by Crippen LogP contribution is -2.18. The molecule has 1 aromatic carbocycles. The van der Waals surface area contributed by atoms with Gasteiger partial charge in [0, 0.05) is 11.8 Å². The largest absolute Gasteiger partial charge is 0.305 e. The van der Waals surface area contributed by atoms with Crippen molar-refractivity contribution in [2.24, 2.45) is 0 Å². The summed E-state index contributed by atoms with van der Waals surface area (Å²) >= 11 is 0. The van der Waals surface area contributed by atoms with E-state index < -0.39 is 23.1 Å². The van der Waals surface area contributed by atoms with Gasteiger partial charge in [0.05, 0.1) is 6.20 Å². The molecule has 2 aromatic rings. The van der Waals surface area contributed by atoms with E-state index in [1.165, 1.54) is 18.5 Å². The van der Waals surface area contributed by atoms with Crippen molar-refractivity contribution in [2.75, 3.05) is 5.32 Å². The van der Waals surface area contributed by atoms with Gasteiger partial charge < -0.3 is 5.32 Å². The number of carbonyl (C=O) groups is 1. The van der Waals surface area contributed by atoms with E-state index >= 15 is 0 Å². The van der Waals surface area contributed by atoms with E-state index in [1.54, 1.807) is 0 Å². The Morgan fingerprint density at radius 1 is 1.17 bits per heavy atom. The minimum absolute atomic E-state index is 0.0526. The monoisotopic (exact) mass is 245 g/mol. The van der Waals surface area contributed by atoms with Gasteiger partial charge in [-0.2, -0.15) is 0 Å². The maximum absolute atomic E-state index is 13.3. The molecule has 7 heteroatoms. The molecule has 88 valence electrons. The molecule has 0 saturated carbocycles. The lowest BCUT2D eigenvalue weighted by molar-refractivity contribution is 0.101. The summed E-state index contributed by atoms with van der Waals surface area (Å²) in [7, 11) is 5.31. The highest BCUT2D eigenvalue weighted by atomic mass is 19.1. The van der Waals surface area contributed by atoms with Crippen LogP contribution in [0.25, 0.3) is 0 Å². The number of nitrogens with one attached hydrogen (secondary N) is 1. The number of benzene rings is 1. The summed E-state index contributed by atoms with van der Waals surface area (Å²) in [6, 6.07) is 3.16. The summed E-state index contributed by atoms with van der Waals surface area (Å²) in [5.74, 6) is -2.78. The van der Waals surface area contributed by atoms with Gasteiger partial charge in [0.15, 0.2) is 5.82 Å². The Hall–Kier alpha value is -2.31. The number of nitrogens with zero attached hydrogens (tertiary/aromatic N) is 2. The highest BCUT2D eigenvalue weighted by molar-refractivity contribution is 6.30. The normalized spacial score (nSPS) is 10.1. The Bertz CT molecular complexity index is 569. The predicted octanol–water partition coefficient (Wildman–Crippen LogP) is 0.801. The summed E-state index contributed by atoms with van der Waals surface area (Å²) in [5, 5.41) is 2.22.